The normalized spacial score (nSPS) is 10.9. The van der Waals surface area contributed by atoms with E-state index < -0.39 is 5.97 Å². The summed E-state index contributed by atoms with van der Waals surface area (Å²) in [4.78, 5) is 32.3. The Kier molecular flexibility index (Phi) is 5.29. The molecule has 2 aromatic rings. The maximum atomic E-state index is 11.9. The van der Waals surface area contributed by atoms with Gasteiger partial charge < -0.3 is 15.4 Å². The molecule has 0 saturated heterocycles. The monoisotopic (exact) mass is 322 g/mol. The number of rotatable bonds is 7. The maximum absolute atomic E-state index is 11.9. The molecule has 0 fully saturated rings. The number of thiophene rings is 1. The van der Waals surface area contributed by atoms with Gasteiger partial charge in [0.05, 0.1) is 12.2 Å². The van der Waals surface area contributed by atoms with Crippen molar-refractivity contribution >= 4 is 28.9 Å². The van der Waals surface area contributed by atoms with Crippen molar-refractivity contribution in [3.05, 3.63) is 34.0 Å². The number of H-pyrrole nitrogens is 1. The average molecular weight is 322 g/mol. The summed E-state index contributed by atoms with van der Waals surface area (Å²) < 4.78 is 0. The van der Waals surface area contributed by atoms with Gasteiger partial charge in [0.1, 0.15) is 10.7 Å². The SMILES string of the molecule is Cc1cnc(CN(C)CCC(=O)Nc2ccsc2C(=O)O)[nH]1. The first-order chi connectivity index (χ1) is 10.5. The number of hydrogen-bond donors (Lipinski definition) is 3. The van der Waals surface area contributed by atoms with Crippen molar-refractivity contribution in [1.82, 2.24) is 14.9 Å². The van der Waals surface area contributed by atoms with Crippen LogP contribution in [-0.2, 0) is 11.3 Å². The van der Waals surface area contributed by atoms with Gasteiger partial charge in [0.2, 0.25) is 5.91 Å². The molecule has 118 valence electrons. The number of aromatic nitrogens is 2. The molecule has 1 amide bonds. The number of aromatic amines is 1. The maximum Gasteiger partial charge on any atom is 0.348 e. The van der Waals surface area contributed by atoms with Crippen LogP contribution in [0, 0.1) is 6.92 Å². The second kappa shape index (κ2) is 7.19. The molecule has 0 aromatic carbocycles. The van der Waals surface area contributed by atoms with Crippen LogP contribution in [0.4, 0.5) is 5.69 Å². The molecule has 0 aliphatic carbocycles. The van der Waals surface area contributed by atoms with Gasteiger partial charge in [0.15, 0.2) is 0 Å². The van der Waals surface area contributed by atoms with Gasteiger partial charge in [-0.3, -0.25) is 9.69 Å². The van der Waals surface area contributed by atoms with Crippen LogP contribution in [0.1, 0.15) is 27.6 Å². The van der Waals surface area contributed by atoms with Crippen molar-refractivity contribution in [3.8, 4) is 0 Å². The lowest BCUT2D eigenvalue weighted by Crippen LogP contribution is -2.24. The molecule has 0 spiro atoms. The third kappa shape index (κ3) is 4.40. The fraction of sp³-hybridized carbons (Fsp3) is 0.357. The summed E-state index contributed by atoms with van der Waals surface area (Å²) in [7, 11) is 1.90. The Morgan fingerprint density at radius 3 is 2.91 bits per heavy atom. The van der Waals surface area contributed by atoms with Crippen molar-refractivity contribution < 1.29 is 14.7 Å². The first-order valence-electron chi connectivity index (χ1n) is 6.75. The van der Waals surface area contributed by atoms with Gasteiger partial charge in [-0.1, -0.05) is 0 Å². The number of carbonyl (C=O) groups is 2. The second-order valence-corrected chi connectivity index (χ2v) is 5.93. The summed E-state index contributed by atoms with van der Waals surface area (Å²) in [5, 5.41) is 13.3. The minimum atomic E-state index is -1.03. The Balaban J connectivity index is 1.80. The van der Waals surface area contributed by atoms with E-state index in [-0.39, 0.29) is 17.2 Å². The van der Waals surface area contributed by atoms with Crippen LogP contribution in [0.5, 0.6) is 0 Å². The van der Waals surface area contributed by atoms with Crippen LogP contribution in [0.15, 0.2) is 17.6 Å². The highest BCUT2D eigenvalue weighted by molar-refractivity contribution is 7.12. The second-order valence-electron chi connectivity index (χ2n) is 5.02. The molecule has 3 N–H and O–H groups in total. The predicted molar refractivity (Wildman–Crippen MR) is 84.2 cm³/mol. The summed E-state index contributed by atoms with van der Waals surface area (Å²) in [5.74, 6) is -0.384. The largest absolute Gasteiger partial charge is 0.477 e. The van der Waals surface area contributed by atoms with E-state index in [4.69, 9.17) is 5.11 Å². The highest BCUT2D eigenvalue weighted by atomic mass is 32.1. The van der Waals surface area contributed by atoms with Crippen molar-refractivity contribution in [3.63, 3.8) is 0 Å². The molecule has 0 unspecified atom stereocenters. The zero-order chi connectivity index (χ0) is 16.1. The molecule has 0 atom stereocenters. The van der Waals surface area contributed by atoms with Crippen LogP contribution in [0.2, 0.25) is 0 Å². The summed E-state index contributed by atoms with van der Waals surface area (Å²) in [6.45, 7) is 3.11. The van der Waals surface area contributed by atoms with E-state index in [9.17, 15) is 9.59 Å². The molecule has 0 saturated carbocycles. The first kappa shape index (κ1) is 16.2. The third-order valence-corrected chi connectivity index (χ3v) is 3.93. The van der Waals surface area contributed by atoms with Gasteiger partial charge in [-0.15, -0.1) is 11.3 Å². The minimum absolute atomic E-state index is 0.146. The summed E-state index contributed by atoms with van der Waals surface area (Å²) in [6, 6.07) is 1.60. The standard InChI is InChI=1S/C14H18N4O3S/c1-9-7-15-11(16-9)8-18(2)5-3-12(19)17-10-4-6-22-13(10)14(20)21/h4,6-7H,3,5,8H2,1-2H3,(H,15,16)(H,17,19)(H,20,21). The molecular formula is C14H18N4O3S. The van der Waals surface area contributed by atoms with E-state index in [1.54, 1.807) is 17.6 Å². The molecule has 2 aromatic heterocycles. The number of carboxylic acids is 1. The number of aromatic carboxylic acids is 1. The first-order valence-corrected chi connectivity index (χ1v) is 7.63. The number of amides is 1. The van der Waals surface area contributed by atoms with Crippen molar-refractivity contribution in [1.29, 1.82) is 0 Å². The van der Waals surface area contributed by atoms with Gasteiger partial charge in [0, 0.05) is 24.9 Å². The topological polar surface area (TPSA) is 98.3 Å². The molecule has 0 radical (unpaired) electrons. The van der Waals surface area contributed by atoms with Gasteiger partial charge >= 0.3 is 5.97 Å². The van der Waals surface area contributed by atoms with Gasteiger partial charge in [-0.25, -0.2) is 9.78 Å². The quantitative estimate of drug-likeness (QED) is 0.723. The van der Waals surface area contributed by atoms with Gasteiger partial charge in [0.25, 0.3) is 0 Å². The highest BCUT2D eigenvalue weighted by Crippen LogP contribution is 2.22. The van der Waals surface area contributed by atoms with E-state index >= 15 is 0 Å². The van der Waals surface area contributed by atoms with Crippen LogP contribution in [0.25, 0.3) is 0 Å². The predicted octanol–water partition coefficient (Wildman–Crippen LogP) is 1.94. The minimum Gasteiger partial charge on any atom is -0.477 e. The fourth-order valence-corrected chi connectivity index (χ4v) is 2.65. The molecule has 2 rings (SSSR count). The molecule has 7 nitrogen and oxygen atoms in total. The lowest BCUT2D eigenvalue weighted by atomic mass is 10.3. The fourth-order valence-electron chi connectivity index (χ4n) is 1.96. The Morgan fingerprint density at radius 2 is 2.27 bits per heavy atom. The molecule has 2 heterocycles. The Morgan fingerprint density at radius 1 is 1.50 bits per heavy atom. The third-order valence-electron chi connectivity index (χ3n) is 3.03. The lowest BCUT2D eigenvalue weighted by Gasteiger charge is -2.14. The number of hydrogen-bond acceptors (Lipinski definition) is 5. The number of aryl methyl sites for hydroxylation is 1. The smallest absolute Gasteiger partial charge is 0.348 e. The van der Waals surface area contributed by atoms with Gasteiger partial charge in [-0.05, 0) is 25.4 Å². The Labute approximate surface area is 132 Å². The van der Waals surface area contributed by atoms with E-state index in [1.165, 1.54) is 0 Å². The summed E-state index contributed by atoms with van der Waals surface area (Å²) in [5.41, 5.74) is 1.35. The van der Waals surface area contributed by atoms with Crippen LogP contribution >= 0.6 is 11.3 Å². The number of nitrogens with zero attached hydrogens (tertiary/aromatic N) is 2. The van der Waals surface area contributed by atoms with Crippen LogP contribution in [-0.4, -0.2) is 45.4 Å². The Hall–Kier alpha value is -2.19. The Bertz CT molecular complexity index is 665. The van der Waals surface area contributed by atoms with E-state index in [2.05, 4.69) is 15.3 Å². The zero-order valence-corrected chi connectivity index (χ0v) is 13.2. The molecule has 0 bridgehead atoms. The number of imidazole rings is 1. The zero-order valence-electron chi connectivity index (χ0n) is 12.4. The number of nitrogens with one attached hydrogen (secondary N) is 2. The van der Waals surface area contributed by atoms with E-state index in [0.29, 0.717) is 18.8 Å². The van der Waals surface area contributed by atoms with Crippen molar-refractivity contribution in [2.24, 2.45) is 0 Å². The van der Waals surface area contributed by atoms with Gasteiger partial charge in [-0.2, -0.15) is 0 Å². The van der Waals surface area contributed by atoms with E-state index in [1.807, 2.05) is 18.9 Å². The molecule has 0 aliphatic rings. The molecule has 22 heavy (non-hydrogen) atoms. The van der Waals surface area contributed by atoms with Crippen molar-refractivity contribution in [2.75, 3.05) is 18.9 Å². The molecule has 0 aliphatic heterocycles. The average Bonchev–Trinajstić information content (AvgIpc) is 3.06. The number of anilines is 1. The van der Waals surface area contributed by atoms with Crippen molar-refractivity contribution in [2.45, 2.75) is 19.9 Å². The van der Waals surface area contributed by atoms with Crippen LogP contribution in [0.3, 0.4) is 0 Å². The lowest BCUT2D eigenvalue weighted by molar-refractivity contribution is -0.116. The molecule has 8 heteroatoms. The van der Waals surface area contributed by atoms with E-state index in [0.717, 1.165) is 22.9 Å². The number of carboxylic acid groups (broad SMARTS) is 1. The highest BCUT2D eigenvalue weighted by Gasteiger charge is 2.14. The molecular weight excluding hydrogens is 304 g/mol. The number of carbonyl (C=O) groups excluding carboxylic acids is 1. The summed E-state index contributed by atoms with van der Waals surface area (Å²) in [6.07, 6.45) is 2.05. The van der Waals surface area contributed by atoms with Crippen LogP contribution < -0.4 is 5.32 Å². The summed E-state index contributed by atoms with van der Waals surface area (Å²) >= 11 is 1.09.